The lowest BCUT2D eigenvalue weighted by Gasteiger charge is -2.08. The number of nitrogens with two attached hydrogens (primary N) is 1. The summed E-state index contributed by atoms with van der Waals surface area (Å²) >= 11 is 0. The van der Waals surface area contributed by atoms with Crippen LogP contribution in [0.5, 0.6) is 0 Å². The number of hydrogen-bond acceptors (Lipinski definition) is 2. The van der Waals surface area contributed by atoms with E-state index in [0.717, 1.165) is 12.2 Å². The highest BCUT2D eigenvalue weighted by Gasteiger charge is 1.95. The molecule has 0 amide bonds. The van der Waals surface area contributed by atoms with Gasteiger partial charge in [0.1, 0.15) is 0 Å². The first-order valence-electron chi connectivity index (χ1n) is 3.66. The maximum atomic E-state index is 5.54. The van der Waals surface area contributed by atoms with Gasteiger partial charge < -0.3 is 11.1 Å². The molecule has 0 radical (unpaired) electrons. The summed E-state index contributed by atoms with van der Waals surface area (Å²) in [5.74, 6) is 0. The van der Waals surface area contributed by atoms with Gasteiger partial charge in [0, 0.05) is 5.70 Å². The smallest absolute Gasteiger partial charge is 0.0543 e. The molecule has 2 nitrogen and oxygen atoms in total. The Morgan fingerprint density at radius 3 is 2.40 bits per heavy atom. The first-order chi connectivity index (χ1) is 4.80. The molecule has 1 aliphatic heterocycles. The molecule has 0 unspecified atom stereocenters. The van der Waals surface area contributed by atoms with E-state index in [4.69, 9.17) is 5.73 Å². The average Bonchev–Trinajstić information content (AvgIpc) is 2.00. The molecular weight excluding hydrogens is 124 g/mol. The van der Waals surface area contributed by atoms with E-state index in [2.05, 4.69) is 5.32 Å². The van der Waals surface area contributed by atoms with Crippen LogP contribution in [0.4, 0.5) is 0 Å². The van der Waals surface area contributed by atoms with Crippen molar-refractivity contribution in [2.75, 3.05) is 6.54 Å². The number of dihydropyridines is 1. The standard InChI is InChI=1S/C6H10N2.C2H6/c1-5-2-3-8-4-6(5)7;1-2/h2-3,8H,4,7H2,1H3;1-2H3. The quantitative estimate of drug-likeness (QED) is 0.533. The van der Waals surface area contributed by atoms with Crippen molar-refractivity contribution in [2.24, 2.45) is 5.73 Å². The zero-order valence-corrected chi connectivity index (χ0v) is 6.94. The van der Waals surface area contributed by atoms with Gasteiger partial charge in [-0.3, -0.25) is 0 Å². The zero-order valence-electron chi connectivity index (χ0n) is 6.94. The van der Waals surface area contributed by atoms with Crippen molar-refractivity contribution in [3.8, 4) is 0 Å². The fraction of sp³-hybridized carbons (Fsp3) is 0.500. The molecule has 0 saturated heterocycles. The molecule has 0 aromatic rings. The summed E-state index contributed by atoms with van der Waals surface area (Å²) in [6.45, 7) is 6.80. The molecule has 0 spiro atoms. The van der Waals surface area contributed by atoms with Gasteiger partial charge in [-0.05, 0) is 24.8 Å². The van der Waals surface area contributed by atoms with Crippen molar-refractivity contribution in [3.05, 3.63) is 23.5 Å². The highest BCUT2D eigenvalue weighted by molar-refractivity contribution is 5.25. The van der Waals surface area contributed by atoms with Crippen molar-refractivity contribution in [1.82, 2.24) is 5.32 Å². The number of hydrogen-bond donors (Lipinski definition) is 2. The molecule has 1 heterocycles. The van der Waals surface area contributed by atoms with E-state index in [0.29, 0.717) is 0 Å². The maximum absolute atomic E-state index is 5.54. The monoisotopic (exact) mass is 140 g/mol. The van der Waals surface area contributed by atoms with E-state index in [-0.39, 0.29) is 0 Å². The highest BCUT2D eigenvalue weighted by atomic mass is 14.9. The molecule has 1 aliphatic rings. The third kappa shape index (κ3) is 2.58. The Labute approximate surface area is 62.8 Å². The molecule has 10 heavy (non-hydrogen) atoms. The van der Waals surface area contributed by atoms with Gasteiger partial charge in [-0.15, -0.1) is 0 Å². The van der Waals surface area contributed by atoms with E-state index in [1.807, 2.05) is 33.0 Å². The Morgan fingerprint density at radius 2 is 2.10 bits per heavy atom. The first-order valence-corrected chi connectivity index (χ1v) is 3.66. The lowest BCUT2D eigenvalue weighted by molar-refractivity contribution is 0.890. The van der Waals surface area contributed by atoms with Crippen LogP contribution in [-0.4, -0.2) is 6.54 Å². The minimum atomic E-state index is 0.794. The van der Waals surface area contributed by atoms with E-state index >= 15 is 0 Å². The van der Waals surface area contributed by atoms with Crippen LogP contribution in [0.25, 0.3) is 0 Å². The molecular formula is C8H16N2. The second-order valence-corrected chi connectivity index (χ2v) is 1.92. The van der Waals surface area contributed by atoms with Crippen molar-refractivity contribution < 1.29 is 0 Å². The molecule has 2 heteroatoms. The Hall–Kier alpha value is -0.920. The molecule has 0 aromatic carbocycles. The predicted octanol–water partition coefficient (Wildman–Crippen LogP) is 1.36. The van der Waals surface area contributed by atoms with E-state index in [9.17, 15) is 0 Å². The van der Waals surface area contributed by atoms with Gasteiger partial charge in [-0.2, -0.15) is 0 Å². The molecule has 0 saturated carbocycles. The molecule has 0 fully saturated rings. The Morgan fingerprint density at radius 1 is 1.50 bits per heavy atom. The highest BCUT2D eigenvalue weighted by Crippen LogP contribution is 2.01. The number of allylic oxidation sites excluding steroid dienone is 2. The van der Waals surface area contributed by atoms with Crippen LogP contribution in [0, 0.1) is 0 Å². The van der Waals surface area contributed by atoms with Crippen LogP contribution < -0.4 is 11.1 Å². The molecule has 58 valence electrons. The van der Waals surface area contributed by atoms with Crippen LogP contribution in [0.15, 0.2) is 23.5 Å². The van der Waals surface area contributed by atoms with Crippen LogP contribution in [-0.2, 0) is 0 Å². The van der Waals surface area contributed by atoms with Crippen molar-refractivity contribution in [3.63, 3.8) is 0 Å². The van der Waals surface area contributed by atoms with Gasteiger partial charge in [-0.1, -0.05) is 13.8 Å². The van der Waals surface area contributed by atoms with Crippen molar-refractivity contribution in [1.29, 1.82) is 0 Å². The fourth-order valence-electron chi connectivity index (χ4n) is 0.599. The van der Waals surface area contributed by atoms with Crippen LogP contribution in [0.1, 0.15) is 20.8 Å². The summed E-state index contributed by atoms with van der Waals surface area (Å²) in [5, 5.41) is 3.00. The normalized spacial score (nSPS) is 15.5. The van der Waals surface area contributed by atoms with E-state index in [1.165, 1.54) is 5.57 Å². The summed E-state index contributed by atoms with van der Waals surface area (Å²) in [5.41, 5.74) is 7.65. The van der Waals surface area contributed by atoms with Gasteiger partial charge >= 0.3 is 0 Å². The molecule has 0 bridgehead atoms. The minimum absolute atomic E-state index is 0.794. The van der Waals surface area contributed by atoms with Gasteiger partial charge in [0.2, 0.25) is 0 Å². The van der Waals surface area contributed by atoms with E-state index < -0.39 is 0 Å². The van der Waals surface area contributed by atoms with Gasteiger partial charge in [0.15, 0.2) is 0 Å². The summed E-state index contributed by atoms with van der Waals surface area (Å²) in [4.78, 5) is 0. The van der Waals surface area contributed by atoms with Crippen LogP contribution in [0.2, 0.25) is 0 Å². The molecule has 1 rings (SSSR count). The number of nitrogens with one attached hydrogen (secondary N) is 1. The Kier molecular flexibility index (Phi) is 4.46. The van der Waals surface area contributed by atoms with E-state index in [1.54, 1.807) is 0 Å². The van der Waals surface area contributed by atoms with Crippen LogP contribution in [0.3, 0.4) is 0 Å². The third-order valence-electron chi connectivity index (χ3n) is 1.25. The summed E-state index contributed by atoms with van der Waals surface area (Å²) in [6, 6.07) is 0. The zero-order chi connectivity index (χ0) is 7.98. The SMILES string of the molecule is CC.CC1=C(N)CNC=C1. The lowest BCUT2D eigenvalue weighted by Crippen LogP contribution is -2.19. The first kappa shape index (κ1) is 9.08. The fourth-order valence-corrected chi connectivity index (χ4v) is 0.599. The largest absolute Gasteiger partial charge is 0.400 e. The molecule has 0 aliphatic carbocycles. The lowest BCUT2D eigenvalue weighted by atomic mass is 10.2. The molecule has 0 atom stereocenters. The summed E-state index contributed by atoms with van der Waals surface area (Å²) in [6.07, 6.45) is 3.88. The Bertz CT molecular complexity index is 145. The van der Waals surface area contributed by atoms with Gasteiger partial charge in [0.05, 0.1) is 6.54 Å². The van der Waals surface area contributed by atoms with Crippen molar-refractivity contribution >= 4 is 0 Å². The second kappa shape index (κ2) is 4.91. The third-order valence-corrected chi connectivity index (χ3v) is 1.25. The van der Waals surface area contributed by atoms with Gasteiger partial charge in [0.25, 0.3) is 0 Å². The second-order valence-electron chi connectivity index (χ2n) is 1.92. The summed E-state index contributed by atoms with van der Waals surface area (Å²) in [7, 11) is 0. The Balaban J connectivity index is 0.000000371. The van der Waals surface area contributed by atoms with Gasteiger partial charge in [-0.25, -0.2) is 0 Å². The maximum Gasteiger partial charge on any atom is 0.0543 e. The predicted molar refractivity (Wildman–Crippen MR) is 45.4 cm³/mol. The average molecular weight is 140 g/mol. The van der Waals surface area contributed by atoms with Crippen LogP contribution >= 0.6 is 0 Å². The number of rotatable bonds is 0. The molecule has 0 aromatic heterocycles. The summed E-state index contributed by atoms with van der Waals surface area (Å²) < 4.78 is 0. The molecule has 3 N–H and O–H groups in total. The minimum Gasteiger partial charge on any atom is -0.400 e. The topological polar surface area (TPSA) is 38.0 Å². The van der Waals surface area contributed by atoms with Crippen molar-refractivity contribution in [2.45, 2.75) is 20.8 Å².